The maximum absolute atomic E-state index is 11.3. The molecule has 1 N–H and O–H groups in total. The molecule has 1 aromatic rings. The topological polar surface area (TPSA) is 40.5 Å². The minimum atomic E-state index is -0.813. The van der Waals surface area contributed by atoms with Gasteiger partial charge in [-0.3, -0.25) is 4.79 Å². The first-order valence-corrected chi connectivity index (χ1v) is 7.91. The van der Waals surface area contributed by atoms with Gasteiger partial charge >= 0.3 is 5.97 Å². The van der Waals surface area contributed by atoms with Crippen molar-refractivity contribution in [3.63, 3.8) is 0 Å². The summed E-state index contributed by atoms with van der Waals surface area (Å²) in [6.07, 6.45) is 1.94. The summed E-state index contributed by atoms with van der Waals surface area (Å²) in [6, 6.07) is 7.67. The summed E-state index contributed by atoms with van der Waals surface area (Å²) < 4.78 is 0. The normalized spacial score (nSPS) is 11.4. The fourth-order valence-electron chi connectivity index (χ4n) is 2.67. The Balaban J connectivity index is 3.09. The van der Waals surface area contributed by atoms with Gasteiger partial charge in [-0.05, 0) is 42.9 Å². The molecule has 1 rings (SSSR count). The van der Waals surface area contributed by atoms with E-state index >= 15 is 0 Å². The fourth-order valence-corrected chi connectivity index (χ4v) is 2.86. The maximum atomic E-state index is 11.3. The molecule has 0 aromatic heterocycles. The van der Waals surface area contributed by atoms with E-state index in [-0.39, 0.29) is 12.6 Å². The van der Waals surface area contributed by atoms with Crippen molar-refractivity contribution in [1.29, 1.82) is 0 Å². The minimum absolute atomic E-state index is 0.00441. The molecule has 0 saturated carbocycles. The van der Waals surface area contributed by atoms with Gasteiger partial charge in [0.25, 0.3) is 0 Å². The molecule has 0 aliphatic carbocycles. The zero-order chi connectivity index (χ0) is 16.0. The molecular formula is C17H26ClNO2. The molecule has 3 nitrogen and oxygen atoms in total. The second-order valence-electron chi connectivity index (χ2n) is 6.41. The van der Waals surface area contributed by atoms with Gasteiger partial charge in [0.1, 0.15) is 6.54 Å². The van der Waals surface area contributed by atoms with E-state index < -0.39 is 5.97 Å². The highest BCUT2D eigenvalue weighted by atomic mass is 35.5. The van der Waals surface area contributed by atoms with Crippen LogP contribution in [0.5, 0.6) is 0 Å². The van der Waals surface area contributed by atoms with E-state index in [9.17, 15) is 9.90 Å². The van der Waals surface area contributed by atoms with Crippen LogP contribution in [0.25, 0.3) is 0 Å². The molecule has 4 heteroatoms. The third-order valence-corrected chi connectivity index (χ3v) is 3.61. The van der Waals surface area contributed by atoms with Crippen molar-refractivity contribution >= 4 is 23.3 Å². The van der Waals surface area contributed by atoms with Gasteiger partial charge < -0.3 is 10.0 Å². The number of nitrogens with zero attached hydrogens (tertiary/aromatic N) is 1. The van der Waals surface area contributed by atoms with Crippen LogP contribution in [0.4, 0.5) is 5.69 Å². The van der Waals surface area contributed by atoms with Gasteiger partial charge in [0, 0.05) is 16.8 Å². The van der Waals surface area contributed by atoms with E-state index in [0.717, 1.165) is 18.5 Å². The number of rotatable bonds is 8. The lowest BCUT2D eigenvalue weighted by Crippen LogP contribution is -2.41. The van der Waals surface area contributed by atoms with E-state index in [2.05, 4.69) is 27.7 Å². The quantitative estimate of drug-likeness (QED) is 0.757. The first-order valence-electron chi connectivity index (χ1n) is 7.53. The number of halogens is 1. The van der Waals surface area contributed by atoms with Crippen LogP contribution in [0.1, 0.15) is 40.5 Å². The zero-order valence-electron chi connectivity index (χ0n) is 13.3. The molecule has 0 spiro atoms. The van der Waals surface area contributed by atoms with Crippen molar-refractivity contribution in [2.24, 2.45) is 11.8 Å². The second-order valence-corrected chi connectivity index (χ2v) is 6.85. The fraction of sp³-hybridized carbons (Fsp3) is 0.588. The lowest BCUT2D eigenvalue weighted by Gasteiger charge is -2.35. The van der Waals surface area contributed by atoms with Crippen LogP contribution >= 0.6 is 11.6 Å². The summed E-state index contributed by atoms with van der Waals surface area (Å²) in [5.74, 6) is 0.223. The Bertz CT molecular complexity index is 450. The molecule has 0 amide bonds. The summed E-state index contributed by atoms with van der Waals surface area (Å²) in [4.78, 5) is 13.2. The summed E-state index contributed by atoms with van der Waals surface area (Å²) >= 11 is 6.07. The third kappa shape index (κ3) is 6.38. The summed E-state index contributed by atoms with van der Waals surface area (Å²) in [6.45, 7) is 8.69. The minimum Gasteiger partial charge on any atom is -0.480 e. The number of carboxylic acids is 1. The standard InChI is InChI=1S/C17H26ClNO2/c1-12(2)8-16(9-13(3)4)19(11-17(20)21)15-7-5-6-14(18)10-15/h5-7,10,12-13,16H,8-9,11H2,1-4H3,(H,20,21). The van der Waals surface area contributed by atoms with Crippen LogP contribution < -0.4 is 4.90 Å². The number of hydrogen-bond donors (Lipinski definition) is 1. The smallest absolute Gasteiger partial charge is 0.323 e. The van der Waals surface area contributed by atoms with Crippen LogP contribution in [0, 0.1) is 11.8 Å². The van der Waals surface area contributed by atoms with Crippen molar-refractivity contribution in [2.45, 2.75) is 46.6 Å². The average molecular weight is 312 g/mol. The summed E-state index contributed by atoms with van der Waals surface area (Å²) in [7, 11) is 0. The maximum Gasteiger partial charge on any atom is 0.323 e. The molecule has 1 aromatic carbocycles. The van der Waals surface area contributed by atoms with Gasteiger partial charge in [-0.15, -0.1) is 0 Å². The van der Waals surface area contributed by atoms with Gasteiger partial charge in [0.15, 0.2) is 0 Å². The summed E-state index contributed by atoms with van der Waals surface area (Å²) in [5, 5.41) is 9.89. The molecule has 0 bridgehead atoms. The zero-order valence-corrected chi connectivity index (χ0v) is 14.1. The van der Waals surface area contributed by atoms with Crippen molar-refractivity contribution in [2.75, 3.05) is 11.4 Å². The first-order chi connectivity index (χ1) is 9.79. The molecule has 0 aliphatic rings. The Morgan fingerprint density at radius 3 is 2.19 bits per heavy atom. The van der Waals surface area contributed by atoms with E-state index in [4.69, 9.17) is 11.6 Å². The second kappa shape index (κ2) is 8.28. The molecule has 0 saturated heterocycles. The number of carboxylic acid groups (broad SMARTS) is 1. The SMILES string of the molecule is CC(C)CC(CC(C)C)N(CC(=O)O)c1cccc(Cl)c1. The molecule has 0 fully saturated rings. The highest BCUT2D eigenvalue weighted by Crippen LogP contribution is 2.27. The molecule has 0 atom stereocenters. The molecule has 0 radical (unpaired) electrons. The molecule has 0 heterocycles. The molecule has 118 valence electrons. The van der Waals surface area contributed by atoms with E-state index in [1.165, 1.54) is 0 Å². The largest absolute Gasteiger partial charge is 0.480 e. The van der Waals surface area contributed by atoms with E-state index in [0.29, 0.717) is 16.9 Å². The van der Waals surface area contributed by atoms with Gasteiger partial charge in [-0.25, -0.2) is 0 Å². The van der Waals surface area contributed by atoms with Crippen LogP contribution in [0.3, 0.4) is 0 Å². The monoisotopic (exact) mass is 311 g/mol. The Morgan fingerprint density at radius 1 is 1.19 bits per heavy atom. The molecule has 0 unspecified atom stereocenters. The molecule has 0 aliphatic heterocycles. The number of benzene rings is 1. The first kappa shape index (κ1) is 17.8. The highest BCUT2D eigenvalue weighted by molar-refractivity contribution is 6.30. The molecular weight excluding hydrogens is 286 g/mol. The highest BCUT2D eigenvalue weighted by Gasteiger charge is 2.23. The Morgan fingerprint density at radius 2 is 1.76 bits per heavy atom. The Labute approximate surface area is 132 Å². The lowest BCUT2D eigenvalue weighted by molar-refractivity contribution is -0.135. The number of anilines is 1. The van der Waals surface area contributed by atoms with Crippen molar-refractivity contribution in [3.8, 4) is 0 Å². The van der Waals surface area contributed by atoms with E-state index in [1.807, 2.05) is 29.2 Å². The predicted molar refractivity (Wildman–Crippen MR) is 89.1 cm³/mol. The van der Waals surface area contributed by atoms with Crippen molar-refractivity contribution < 1.29 is 9.90 Å². The van der Waals surface area contributed by atoms with Crippen LogP contribution in [-0.2, 0) is 4.79 Å². The van der Waals surface area contributed by atoms with Crippen LogP contribution in [0.15, 0.2) is 24.3 Å². The Hall–Kier alpha value is -1.22. The van der Waals surface area contributed by atoms with Gasteiger partial charge in [-0.2, -0.15) is 0 Å². The van der Waals surface area contributed by atoms with Crippen LogP contribution in [-0.4, -0.2) is 23.7 Å². The van der Waals surface area contributed by atoms with Crippen molar-refractivity contribution in [1.82, 2.24) is 0 Å². The average Bonchev–Trinajstić information content (AvgIpc) is 2.33. The number of aliphatic carboxylic acids is 1. The molecule has 21 heavy (non-hydrogen) atoms. The summed E-state index contributed by atoms with van der Waals surface area (Å²) in [5.41, 5.74) is 0.885. The Kier molecular flexibility index (Phi) is 7.03. The predicted octanol–water partition coefficient (Wildman–Crippen LogP) is 4.69. The van der Waals surface area contributed by atoms with Crippen molar-refractivity contribution in [3.05, 3.63) is 29.3 Å². The number of hydrogen-bond acceptors (Lipinski definition) is 2. The van der Waals surface area contributed by atoms with E-state index in [1.54, 1.807) is 0 Å². The van der Waals surface area contributed by atoms with Crippen LogP contribution in [0.2, 0.25) is 5.02 Å². The lowest BCUT2D eigenvalue weighted by atomic mass is 9.94. The van der Waals surface area contributed by atoms with Gasteiger partial charge in [0.2, 0.25) is 0 Å². The van der Waals surface area contributed by atoms with Gasteiger partial charge in [-0.1, -0.05) is 45.4 Å². The van der Waals surface area contributed by atoms with Gasteiger partial charge in [0.05, 0.1) is 0 Å². The number of carbonyl (C=O) groups is 1. The third-order valence-electron chi connectivity index (χ3n) is 3.37.